The maximum atomic E-state index is 6.08. The van der Waals surface area contributed by atoms with Gasteiger partial charge in [0.15, 0.2) is 0 Å². The molecule has 1 saturated heterocycles. The SMILES string of the molecule is COc1ccc(OC2CCN(C(C)C)CC2)cc1C. The third-order valence-electron chi connectivity index (χ3n) is 3.88. The van der Waals surface area contributed by atoms with Crippen molar-refractivity contribution in [1.29, 1.82) is 0 Å². The molecule has 106 valence electrons. The van der Waals surface area contributed by atoms with E-state index in [1.54, 1.807) is 7.11 Å². The second-order valence-corrected chi connectivity index (χ2v) is 5.58. The molecule has 0 bridgehead atoms. The van der Waals surface area contributed by atoms with Crippen molar-refractivity contribution in [2.24, 2.45) is 0 Å². The molecule has 0 amide bonds. The highest BCUT2D eigenvalue weighted by Gasteiger charge is 2.22. The Morgan fingerprint density at radius 2 is 1.89 bits per heavy atom. The van der Waals surface area contributed by atoms with E-state index >= 15 is 0 Å². The Kier molecular flexibility index (Phi) is 4.70. The number of hydrogen-bond donors (Lipinski definition) is 0. The molecule has 1 aromatic rings. The number of methoxy groups -OCH3 is 1. The molecular weight excluding hydrogens is 238 g/mol. The van der Waals surface area contributed by atoms with E-state index in [1.807, 2.05) is 19.1 Å². The van der Waals surface area contributed by atoms with Gasteiger partial charge < -0.3 is 14.4 Å². The summed E-state index contributed by atoms with van der Waals surface area (Å²) in [4.78, 5) is 2.51. The van der Waals surface area contributed by atoms with Gasteiger partial charge in [0.1, 0.15) is 17.6 Å². The third-order valence-corrected chi connectivity index (χ3v) is 3.88. The van der Waals surface area contributed by atoms with E-state index in [0.29, 0.717) is 12.1 Å². The molecule has 1 fully saturated rings. The molecule has 0 atom stereocenters. The first-order valence-corrected chi connectivity index (χ1v) is 7.15. The number of benzene rings is 1. The Morgan fingerprint density at radius 3 is 2.42 bits per heavy atom. The number of ether oxygens (including phenoxy) is 2. The van der Waals surface area contributed by atoms with Crippen molar-refractivity contribution < 1.29 is 9.47 Å². The van der Waals surface area contributed by atoms with Gasteiger partial charge in [-0.05, 0) is 57.4 Å². The maximum absolute atomic E-state index is 6.08. The summed E-state index contributed by atoms with van der Waals surface area (Å²) < 4.78 is 11.3. The first-order chi connectivity index (χ1) is 9.10. The van der Waals surface area contributed by atoms with E-state index in [1.165, 1.54) is 0 Å². The molecule has 0 N–H and O–H groups in total. The van der Waals surface area contributed by atoms with Crippen molar-refractivity contribution >= 4 is 0 Å². The number of likely N-dealkylation sites (tertiary alicyclic amines) is 1. The van der Waals surface area contributed by atoms with E-state index in [-0.39, 0.29) is 0 Å². The first kappa shape index (κ1) is 14.2. The van der Waals surface area contributed by atoms with Crippen molar-refractivity contribution in [3.8, 4) is 11.5 Å². The fraction of sp³-hybridized carbons (Fsp3) is 0.625. The third kappa shape index (κ3) is 3.63. The Hall–Kier alpha value is -1.22. The molecule has 0 aromatic heterocycles. The monoisotopic (exact) mass is 263 g/mol. The first-order valence-electron chi connectivity index (χ1n) is 7.15. The molecule has 3 heteroatoms. The van der Waals surface area contributed by atoms with Crippen LogP contribution in [0.25, 0.3) is 0 Å². The molecule has 0 aliphatic carbocycles. The second kappa shape index (κ2) is 6.29. The fourth-order valence-electron chi connectivity index (χ4n) is 2.63. The zero-order chi connectivity index (χ0) is 13.8. The molecule has 1 aliphatic rings. The van der Waals surface area contributed by atoms with Gasteiger partial charge >= 0.3 is 0 Å². The van der Waals surface area contributed by atoms with Gasteiger partial charge in [0.05, 0.1) is 7.11 Å². The molecule has 19 heavy (non-hydrogen) atoms. The number of piperidine rings is 1. The minimum absolute atomic E-state index is 0.350. The van der Waals surface area contributed by atoms with Crippen LogP contribution in [0.3, 0.4) is 0 Å². The van der Waals surface area contributed by atoms with Crippen LogP contribution in [0, 0.1) is 6.92 Å². The molecule has 1 aliphatic heterocycles. The van der Waals surface area contributed by atoms with Crippen LogP contribution in [0.2, 0.25) is 0 Å². The molecule has 2 rings (SSSR count). The van der Waals surface area contributed by atoms with Gasteiger partial charge in [0.25, 0.3) is 0 Å². The zero-order valence-electron chi connectivity index (χ0n) is 12.5. The van der Waals surface area contributed by atoms with Crippen LogP contribution < -0.4 is 9.47 Å². The lowest BCUT2D eigenvalue weighted by atomic mass is 10.1. The van der Waals surface area contributed by atoms with E-state index in [4.69, 9.17) is 9.47 Å². The van der Waals surface area contributed by atoms with Crippen LogP contribution in [0.4, 0.5) is 0 Å². The molecular formula is C16H25NO2. The molecule has 1 heterocycles. The smallest absolute Gasteiger partial charge is 0.122 e. The van der Waals surface area contributed by atoms with E-state index in [0.717, 1.165) is 43.0 Å². The highest BCUT2D eigenvalue weighted by atomic mass is 16.5. The van der Waals surface area contributed by atoms with Crippen molar-refractivity contribution in [1.82, 2.24) is 4.90 Å². The second-order valence-electron chi connectivity index (χ2n) is 5.58. The predicted molar refractivity (Wildman–Crippen MR) is 78.1 cm³/mol. The molecule has 3 nitrogen and oxygen atoms in total. The van der Waals surface area contributed by atoms with Gasteiger partial charge in [-0.1, -0.05) is 0 Å². The lowest BCUT2D eigenvalue weighted by molar-refractivity contribution is 0.0842. The van der Waals surface area contributed by atoms with Gasteiger partial charge in [0, 0.05) is 19.1 Å². The summed E-state index contributed by atoms with van der Waals surface area (Å²) in [6, 6.07) is 6.69. The summed E-state index contributed by atoms with van der Waals surface area (Å²) in [5, 5.41) is 0. The predicted octanol–water partition coefficient (Wildman–Crippen LogP) is 3.26. The summed E-state index contributed by atoms with van der Waals surface area (Å²) in [6.45, 7) is 8.84. The number of nitrogens with zero attached hydrogens (tertiary/aromatic N) is 1. The van der Waals surface area contributed by atoms with E-state index < -0.39 is 0 Å². The van der Waals surface area contributed by atoms with Crippen LogP contribution in [0.15, 0.2) is 18.2 Å². The highest BCUT2D eigenvalue weighted by molar-refractivity contribution is 5.39. The standard InChI is InChI=1S/C16H25NO2/c1-12(2)17-9-7-14(8-10-17)19-15-5-6-16(18-4)13(3)11-15/h5-6,11-12,14H,7-10H2,1-4H3. The molecule has 1 aromatic carbocycles. The van der Waals surface area contributed by atoms with Crippen molar-refractivity contribution in [2.45, 2.75) is 45.8 Å². The van der Waals surface area contributed by atoms with E-state index in [2.05, 4.69) is 24.8 Å². The average molecular weight is 263 g/mol. The van der Waals surface area contributed by atoms with Crippen LogP contribution >= 0.6 is 0 Å². The average Bonchev–Trinajstić information content (AvgIpc) is 2.39. The largest absolute Gasteiger partial charge is 0.496 e. The summed E-state index contributed by atoms with van der Waals surface area (Å²) in [7, 11) is 1.70. The summed E-state index contributed by atoms with van der Waals surface area (Å²) >= 11 is 0. The Bertz CT molecular complexity index is 409. The van der Waals surface area contributed by atoms with Crippen molar-refractivity contribution in [3.63, 3.8) is 0 Å². The van der Waals surface area contributed by atoms with Gasteiger partial charge in [-0.3, -0.25) is 0 Å². The summed E-state index contributed by atoms with van der Waals surface area (Å²) in [6.07, 6.45) is 2.58. The fourth-order valence-corrected chi connectivity index (χ4v) is 2.63. The minimum Gasteiger partial charge on any atom is -0.496 e. The van der Waals surface area contributed by atoms with Gasteiger partial charge in [-0.2, -0.15) is 0 Å². The molecule has 0 saturated carbocycles. The minimum atomic E-state index is 0.350. The Labute approximate surface area is 116 Å². The van der Waals surface area contributed by atoms with Crippen molar-refractivity contribution in [2.75, 3.05) is 20.2 Å². The van der Waals surface area contributed by atoms with Gasteiger partial charge in [-0.15, -0.1) is 0 Å². The number of hydrogen-bond acceptors (Lipinski definition) is 3. The number of aryl methyl sites for hydroxylation is 1. The quantitative estimate of drug-likeness (QED) is 0.832. The van der Waals surface area contributed by atoms with Gasteiger partial charge in [-0.25, -0.2) is 0 Å². The van der Waals surface area contributed by atoms with E-state index in [9.17, 15) is 0 Å². The molecule has 0 spiro atoms. The lowest BCUT2D eigenvalue weighted by Crippen LogP contribution is -2.41. The van der Waals surface area contributed by atoms with Gasteiger partial charge in [0.2, 0.25) is 0 Å². The highest BCUT2D eigenvalue weighted by Crippen LogP contribution is 2.25. The maximum Gasteiger partial charge on any atom is 0.122 e. The Balaban J connectivity index is 1.90. The summed E-state index contributed by atoms with van der Waals surface area (Å²) in [5.41, 5.74) is 1.12. The Morgan fingerprint density at radius 1 is 1.21 bits per heavy atom. The van der Waals surface area contributed by atoms with Crippen LogP contribution in [0.1, 0.15) is 32.3 Å². The summed E-state index contributed by atoms with van der Waals surface area (Å²) in [5.74, 6) is 1.88. The molecule has 0 unspecified atom stereocenters. The zero-order valence-corrected chi connectivity index (χ0v) is 12.5. The van der Waals surface area contributed by atoms with Crippen molar-refractivity contribution in [3.05, 3.63) is 23.8 Å². The number of rotatable bonds is 4. The van der Waals surface area contributed by atoms with Crippen LogP contribution in [-0.2, 0) is 0 Å². The van der Waals surface area contributed by atoms with Crippen LogP contribution in [0.5, 0.6) is 11.5 Å². The topological polar surface area (TPSA) is 21.7 Å². The molecule has 0 radical (unpaired) electrons. The lowest BCUT2D eigenvalue weighted by Gasteiger charge is -2.34. The van der Waals surface area contributed by atoms with Crippen LogP contribution in [-0.4, -0.2) is 37.2 Å². The normalized spacial score (nSPS) is 17.7.